The van der Waals surface area contributed by atoms with Gasteiger partial charge in [0.15, 0.2) is 5.43 Å². The van der Waals surface area contributed by atoms with Crippen molar-refractivity contribution in [1.29, 1.82) is 0 Å². The molecule has 3 nitrogen and oxygen atoms in total. The lowest BCUT2D eigenvalue weighted by Crippen LogP contribution is -2.11. The van der Waals surface area contributed by atoms with Gasteiger partial charge in [-0.1, -0.05) is 38.6 Å². The van der Waals surface area contributed by atoms with Crippen molar-refractivity contribution in [2.45, 2.75) is 26.7 Å². The third-order valence-corrected chi connectivity index (χ3v) is 5.58. The van der Waals surface area contributed by atoms with Crippen molar-refractivity contribution in [2.24, 2.45) is 0 Å². The second kappa shape index (κ2) is 6.21. The van der Waals surface area contributed by atoms with Crippen LogP contribution in [0.25, 0.3) is 25.7 Å². The molecule has 0 unspecified atom stereocenters. The van der Waals surface area contributed by atoms with Crippen LogP contribution in [0, 0.1) is 0 Å². The van der Waals surface area contributed by atoms with Gasteiger partial charge < -0.3 is 5.11 Å². The van der Waals surface area contributed by atoms with E-state index in [0.717, 1.165) is 26.9 Å². The lowest BCUT2D eigenvalue weighted by molar-refractivity contribution is -0.130. The van der Waals surface area contributed by atoms with Gasteiger partial charge in [-0.2, -0.15) is 0 Å². The highest BCUT2D eigenvalue weighted by Gasteiger charge is 2.21. The fraction of sp³-hybridized carbons (Fsp3) is 0.200. The first kappa shape index (κ1) is 16.4. The van der Waals surface area contributed by atoms with Crippen LogP contribution in [0.5, 0.6) is 0 Å². The molecule has 0 aliphatic carbocycles. The number of hydrogen-bond acceptors (Lipinski definition) is 3. The van der Waals surface area contributed by atoms with Crippen LogP contribution in [0.2, 0.25) is 0 Å². The molecule has 0 atom stereocenters. The lowest BCUT2D eigenvalue weighted by Gasteiger charge is -2.15. The highest BCUT2D eigenvalue weighted by atomic mass is 32.1. The third kappa shape index (κ3) is 2.43. The number of carboxylic acids is 1. The first-order valence-electron chi connectivity index (χ1n) is 7.92. The average molecular weight is 338 g/mol. The highest BCUT2D eigenvalue weighted by molar-refractivity contribution is 7.24. The monoisotopic (exact) mass is 338 g/mol. The fourth-order valence-electron chi connectivity index (χ4n) is 3.10. The maximum Gasteiger partial charge on any atom is 0.335 e. The Hall–Kier alpha value is -2.46. The molecular weight excluding hydrogens is 320 g/mol. The van der Waals surface area contributed by atoms with Crippen LogP contribution in [0.1, 0.15) is 30.5 Å². The van der Waals surface area contributed by atoms with E-state index in [4.69, 9.17) is 0 Å². The number of carboxylic acid groups (broad SMARTS) is 1. The van der Waals surface area contributed by atoms with Crippen LogP contribution in [0.4, 0.5) is 0 Å². The summed E-state index contributed by atoms with van der Waals surface area (Å²) in [5.74, 6) is -1.09. The average Bonchev–Trinajstić information content (AvgIpc) is 2.60. The topological polar surface area (TPSA) is 54.4 Å². The maximum absolute atomic E-state index is 13.1. The van der Waals surface area contributed by atoms with Crippen molar-refractivity contribution in [3.8, 4) is 0 Å². The van der Waals surface area contributed by atoms with Crippen molar-refractivity contribution in [2.75, 3.05) is 0 Å². The summed E-state index contributed by atoms with van der Waals surface area (Å²) in [7, 11) is 0. The Labute approximate surface area is 143 Å². The zero-order chi connectivity index (χ0) is 17.4. The quantitative estimate of drug-likeness (QED) is 0.557. The van der Waals surface area contributed by atoms with Crippen molar-refractivity contribution in [3.63, 3.8) is 0 Å². The van der Waals surface area contributed by atoms with Crippen LogP contribution in [0.15, 0.2) is 41.7 Å². The van der Waals surface area contributed by atoms with Gasteiger partial charge >= 0.3 is 5.97 Å². The molecule has 0 saturated carbocycles. The maximum atomic E-state index is 13.1. The molecule has 3 rings (SSSR count). The Morgan fingerprint density at radius 2 is 1.83 bits per heavy atom. The van der Waals surface area contributed by atoms with Crippen molar-refractivity contribution < 1.29 is 9.90 Å². The van der Waals surface area contributed by atoms with Gasteiger partial charge in [-0.05, 0) is 36.1 Å². The first-order valence-corrected chi connectivity index (χ1v) is 8.74. The second-order valence-electron chi connectivity index (χ2n) is 5.69. The van der Waals surface area contributed by atoms with Gasteiger partial charge in [0.1, 0.15) is 0 Å². The van der Waals surface area contributed by atoms with Gasteiger partial charge in [-0.3, -0.25) is 4.79 Å². The zero-order valence-corrected chi connectivity index (χ0v) is 14.5. The molecule has 0 fully saturated rings. The Kier molecular flexibility index (Phi) is 4.24. The SMILES string of the molecule is C=C(C(=O)O)c1c(CC)cc(CC)c2sc3ccccc3c(=O)c12. The van der Waals surface area contributed by atoms with Gasteiger partial charge in [0.2, 0.25) is 0 Å². The van der Waals surface area contributed by atoms with E-state index in [-0.39, 0.29) is 11.0 Å². The number of hydrogen-bond donors (Lipinski definition) is 1. The van der Waals surface area contributed by atoms with E-state index in [1.165, 1.54) is 0 Å². The van der Waals surface area contributed by atoms with Crippen LogP contribution in [-0.4, -0.2) is 11.1 Å². The number of rotatable bonds is 4. The van der Waals surface area contributed by atoms with Crippen molar-refractivity contribution >= 4 is 43.1 Å². The van der Waals surface area contributed by atoms with Crippen molar-refractivity contribution in [3.05, 3.63) is 63.8 Å². The summed E-state index contributed by atoms with van der Waals surface area (Å²) in [4.78, 5) is 24.7. The molecular formula is C20H18O3S. The Morgan fingerprint density at radius 1 is 1.17 bits per heavy atom. The predicted molar refractivity (Wildman–Crippen MR) is 101 cm³/mol. The van der Waals surface area contributed by atoms with Gasteiger partial charge in [-0.25, -0.2) is 4.79 Å². The summed E-state index contributed by atoms with van der Waals surface area (Å²) in [6.45, 7) is 7.74. The van der Waals surface area contributed by atoms with E-state index < -0.39 is 5.97 Å². The standard InChI is InChI=1S/C20H18O3S/c1-4-12-10-13(5-2)19-17(16(12)11(3)20(22)23)18(21)14-8-6-7-9-15(14)24-19/h6-10H,3-5H2,1-2H3,(H,22,23). The Morgan fingerprint density at radius 3 is 2.46 bits per heavy atom. The summed E-state index contributed by atoms with van der Waals surface area (Å²) in [6, 6.07) is 9.49. The Bertz CT molecular complexity index is 1040. The number of benzene rings is 2. The second-order valence-corrected chi connectivity index (χ2v) is 6.74. The Balaban J connectivity index is 2.62. The zero-order valence-electron chi connectivity index (χ0n) is 13.7. The molecule has 122 valence electrons. The summed E-state index contributed by atoms with van der Waals surface area (Å²) in [5, 5.41) is 10.6. The van der Waals surface area contributed by atoms with E-state index >= 15 is 0 Å². The summed E-state index contributed by atoms with van der Waals surface area (Å²) >= 11 is 1.55. The molecule has 24 heavy (non-hydrogen) atoms. The van der Waals surface area contributed by atoms with Gasteiger partial charge in [-0.15, -0.1) is 11.3 Å². The lowest BCUT2D eigenvalue weighted by atomic mass is 9.91. The number of fused-ring (bicyclic) bond motifs is 2. The van der Waals surface area contributed by atoms with E-state index in [1.807, 2.05) is 38.1 Å². The summed E-state index contributed by atoms with van der Waals surface area (Å²) in [6.07, 6.45) is 1.44. The molecule has 0 radical (unpaired) electrons. The molecule has 0 spiro atoms. The number of aryl methyl sites for hydroxylation is 2. The molecule has 0 aliphatic rings. The smallest absolute Gasteiger partial charge is 0.335 e. The van der Waals surface area contributed by atoms with Gasteiger partial charge in [0, 0.05) is 25.7 Å². The van der Waals surface area contributed by atoms with Gasteiger partial charge in [0.05, 0.1) is 5.57 Å². The summed E-state index contributed by atoms with van der Waals surface area (Å²) in [5.41, 5.74) is 2.31. The molecule has 1 aromatic heterocycles. The highest BCUT2D eigenvalue weighted by Crippen LogP contribution is 2.35. The van der Waals surface area contributed by atoms with Crippen LogP contribution >= 0.6 is 11.3 Å². The molecule has 0 saturated heterocycles. The molecule has 3 aromatic rings. The molecule has 0 amide bonds. The number of aliphatic carboxylic acids is 1. The molecule has 1 heterocycles. The molecule has 2 aromatic carbocycles. The van der Waals surface area contributed by atoms with Gasteiger partial charge in [0.25, 0.3) is 0 Å². The molecule has 0 aliphatic heterocycles. The van der Waals surface area contributed by atoms with Crippen LogP contribution < -0.4 is 5.43 Å². The third-order valence-electron chi connectivity index (χ3n) is 4.33. The molecule has 0 bridgehead atoms. The number of carbonyl (C=O) groups is 1. The summed E-state index contributed by atoms with van der Waals surface area (Å²) < 4.78 is 1.79. The largest absolute Gasteiger partial charge is 0.478 e. The molecule has 4 heteroatoms. The molecule has 1 N–H and O–H groups in total. The van der Waals surface area contributed by atoms with Crippen molar-refractivity contribution in [1.82, 2.24) is 0 Å². The minimum absolute atomic E-state index is 0.0147. The normalized spacial score (nSPS) is 11.1. The minimum Gasteiger partial charge on any atom is -0.478 e. The van der Waals surface area contributed by atoms with E-state index in [9.17, 15) is 14.7 Å². The van der Waals surface area contributed by atoms with Crippen LogP contribution in [-0.2, 0) is 17.6 Å². The minimum atomic E-state index is -1.09. The predicted octanol–water partition coefficient (Wildman–Crippen LogP) is 4.64. The fourth-order valence-corrected chi connectivity index (χ4v) is 4.37. The van der Waals surface area contributed by atoms with E-state index in [0.29, 0.717) is 22.8 Å². The van der Waals surface area contributed by atoms with Crippen LogP contribution in [0.3, 0.4) is 0 Å². The van der Waals surface area contributed by atoms with E-state index in [1.54, 1.807) is 17.4 Å². The first-order chi connectivity index (χ1) is 11.5. The van der Waals surface area contributed by atoms with E-state index in [2.05, 4.69) is 6.58 Å².